The summed E-state index contributed by atoms with van der Waals surface area (Å²) in [6, 6.07) is 0. The summed E-state index contributed by atoms with van der Waals surface area (Å²) in [4.78, 5) is 23.1. The summed E-state index contributed by atoms with van der Waals surface area (Å²) >= 11 is 0. The van der Waals surface area contributed by atoms with E-state index in [9.17, 15) is 14.0 Å². The van der Waals surface area contributed by atoms with Crippen LogP contribution >= 0.6 is 0 Å². The number of ketones is 2. The minimum atomic E-state index is -0.285. The predicted octanol–water partition coefficient (Wildman–Crippen LogP) is 3.47. The second kappa shape index (κ2) is 4.87. The van der Waals surface area contributed by atoms with Gasteiger partial charge in [0.2, 0.25) is 0 Å². The third-order valence-corrected chi connectivity index (χ3v) is 4.41. The number of carbonyl (C=O) groups excluding carboxylic acids is 2. The van der Waals surface area contributed by atoms with E-state index in [-0.39, 0.29) is 42.6 Å². The van der Waals surface area contributed by atoms with Crippen LogP contribution in [0.1, 0.15) is 53.0 Å². The minimum Gasteiger partial charge on any atom is -0.299 e. The monoisotopic (exact) mass is 262 g/mol. The molecule has 102 valence electrons. The third-order valence-electron chi connectivity index (χ3n) is 4.41. The molecule has 3 heteroatoms. The lowest BCUT2D eigenvalue weighted by atomic mass is 9.78. The van der Waals surface area contributed by atoms with Crippen LogP contribution in [0.2, 0.25) is 0 Å². The Morgan fingerprint density at radius 2 is 1.32 bits per heavy atom. The molecule has 0 aromatic heterocycles. The van der Waals surface area contributed by atoms with Crippen molar-refractivity contribution in [1.82, 2.24) is 0 Å². The van der Waals surface area contributed by atoms with Crippen LogP contribution in [0.3, 0.4) is 0 Å². The summed E-state index contributed by atoms with van der Waals surface area (Å²) in [5.41, 5.74) is 4.09. The summed E-state index contributed by atoms with van der Waals surface area (Å²) in [6.45, 7) is 7.51. The summed E-state index contributed by atoms with van der Waals surface area (Å²) in [6.07, 6.45) is 0.581. The summed E-state index contributed by atoms with van der Waals surface area (Å²) in [5, 5.41) is 0. The van der Waals surface area contributed by atoms with E-state index >= 15 is 0 Å². The third kappa shape index (κ3) is 2.34. The number of carbonyl (C=O) groups is 2. The molecule has 1 aliphatic rings. The van der Waals surface area contributed by atoms with Crippen LogP contribution in [0.25, 0.3) is 0 Å². The SMILES string of the molecule is Cc1c(C)c(C)c(C2CC(=O)CC(=O)C2)c(F)c1C. The maximum Gasteiger partial charge on any atom is 0.140 e. The highest BCUT2D eigenvalue weighted by Crippen LogP contribution is 2.36. The van der Waals surface area contributed by atoms with Crippen molar-refractivity contribution in [2.45, 2.75) is 52.9 Å². The second-order valence-electron chi connectivity index (χ2n) is 5.59. The van der Waals surface area contributed by atoms with Crippen molar-refractivity contribution in [3.63, 3.8) is 0 Å². The molecular formula is C16H19FO2. The van der Waals surface area contributed by atoms with Crippen LogP contribution < -0.4 is 0 Å². The summed E-state index contributed by atoms with van der Waals surface area (Å²) in [7, 11) is 0. The summed E-state index contributed by atoms with van der Waals surface area (Å²) < 4.78 is 14.5. The maximum absolute atomic E-state index is 14.5. The predicted molar refractivity (Wildman–Crippen MR) is 72.0 cm³/mol. The maximum atomic E-state index is 14.5. The molecule has 19 heavy (non-hydrogen) atoms. The smallest absolute Gasteiger partial charge is 0.140 e. The van der Waals surface area contributed by atoms with Gasteiger partial charge >= 0.3 is 0 Å². The first-order valence-electron chi connectivity index (χ1n) is 6.62. The van der Waals surface area contributed by atoms with E-state index < -0.39 is 0 Å². The van der Waals surface area contributed by atoms with E-state index in [4.69, 9.17) is 0 Å². The molecule has 0 aliphatic heterocycles. The van der Waals surface area contributed by atoms with Gasteiger partial charge in [-0.15, -0.1) is 0 Å². The van der Waals surface area contributed by atoms with Crippen molar-refractivity contribution in [2.24, 2.45) is 0 Å². The molecule has 1 fully saturated rings. The van der Waals surface area contributed by atoms with Crippen LogP contribution in [-0.4, -0.2) is 11.6 Å². The Morgan fingerprint density at radius 3 is 1.84 bits per heavy atom. The highest BCUT2D eigenvalue weighted by atomic mass is 19.1. The van der Waals surface area contributed by atoms with Gasteiger partial charge in [-0.3, -0.25) is 9.59 Å². The molecule has 0 spiro atoms. The van der Waals surface area contributed by atoms with Gasteiger partial charge in [0.1, 0.15) is 17.4 Å². The number of Topliss-reactive ketones (excluding diaryl/α,β-unsaturated/α-hetero) is 2. The molecule has 2 nitrogen and oxygen atoms in total. The number of hydrogen-bond acceptors (Lipinski definition) is 2. The van der Waals surface area contributed by atoms with Crippen LogP contribution in [0.4, 0.5) is 4.39 Å². The number of benzene rings is 1. The van der Waals surface area contributed by atoms with E-state index in [2.05, 4.69) is 0 Å². The zero-order valence-electron chi connectivity index (χ0n) is 11.9. The molecule has 0 unspecified atom stereocenters. The van der Waals surface area contributed by atoms with Crippen molar-refractivity contribution in [2.75, 3.05) is 0 Å². The highest BCUT2D eigenvalue weighted by molar-refractivity contribution is 6.02. The quantitative estimate of drug-likeness (QED) is 0.726. The molecule has 1 saturated carbocycles. The fourth-order valence-electron chi connectivity index (χ4n) is 2.97. The number of rotatable bonds is 1. The summed E-state index contributed by atoms with van der Waals surface area (Å²) in [5.74, 6) is -0.674. The first kappa shape index (κ1) is 13.9. The van der Waals surface area contributed by atoms with E-state index in [0.29, 0.717) is 11.1 Å². The average molecular weight is 262 g/mol. The normalized spacial score (nSPS) is 17.1. The Balaban J connectivity index is 2.56. The lowest BCUT2D eigenvalue weighted by molar-refractivity contribution is -0.130. The van der Waals surface area contributed by atoms with Crippen molar-refractivity contribution in [3.8, 4) is 0 Å². The minimum absolute atomic E-state index is 0.0149. The van der Waals surface area contributed by atoms with Gasteiger partial charge in [-0.2, -0.15) is 0 Å². The standard InChI is InChI=1S/C16H19FO2/c1-8-9(2)11(4)16(17)15(10(8)3)12-5-13(18)7-14(19)6-12/h12H,5-7H2,1-4H3. The second-order valence-corrected chi connectivity index (χ2v) is 5.59. The van der Waals surface area contributed by atoms with Gasteiger partial charge in [0.15, 0.2) is 0 Å². The van der Waals surface area contributed by atoms with E-state index in [1.807, 2.05) is 20.8 Å². The fourth-order valence-corrected chi connectivity index (χ4v) is 2.97. The van der Waals surface area contributed by atoms with E-state index in [1.54, 1.807) is 6.92 Å². The number of halogens is 1. The zero-order chi connectivity index (χ0) is 14.3. The van der Waals surface area contributed by atoms with Gasteiger partial charge in [-0.25, -0.2) is 4.39 Å². The Bertz CT molecular complexity index is 528. The Hall–Kier alpha value is -1.51. The zero-order valence-corrected chi connectivity index (χ0v) is 11.9. The first-order valence-corrected chi connectivity index (χ1v) is 6.62. The molecule has 0 N–H and O–H groups in total. The lowest BCUT2D eigenvalue weighted by Gasteiger charge is -2.25. The van der Waals surface area contributed by atoms with E-state index in [0.717, 1.165) is 16.7 Å². The molecule has 0 atom stereocenters. The average Bonchev–Trinajstić information content (AvgIpc) is 2.33. The van der Waals surface area contributed by atoms with Gasteiger partial charge in [0.05, 0.1) is 6.42 Å². The molecule has 0 radical (unpaired) electrons. The largest absolute Gasteiger partial charge is 0.299 e. The van der Waals surface area contributed by atoms with Gasteiger partial charge in [0.25, 0.3) is 0 Å². The van der Waals surface area contributed by atoms with Gasteiger partial charge in [0, 0.05) is 18.8 Å². The molecule has 1 aliphatic carbocycles. The van der Waals surface area contributed by atoms with Gasteiger partial charge in [-0.1, -0.05) is 0 Å². The van der Waals surface area contributed by atoms with Crippen LogP contribution in [0, 0.1) is 33.5 Å². The Kier molecular flexibility index (Phi) is 3.57. The molecule has 0 saturated heterocycles. The van der Waals surface area contributed by atoms with Gasteiger partial charge in [-0.05, 0) is 55.5 Å². The first-order chi connectivity index (χ1) is 8.82. The molecule has 1 aromatic carbocycles. The molecular weight excluding hydrogens is 243 g/mol. The van der Waals surface area contributed by atoms with Crippen LogP contribution in [0.15, 0.2) is 0 Å². The highest BCUT2D eigenvalue weighted by Gasteiger charge is 2.30. The van der Waals surface area contributed by atoms with Crippen molar-refractivity contribution < 1.29 is 14.0 Å². The molecule has 0 amide bonds. The van der Waals surface area contributed by atoms with Crippen molar-refractivity contribution in [1.29, 1.82) is 0 Å². The van der Waals surface area contributed by atoms with Crippen molar-refractivity contribution >= 4 is 11.6 Å². The number of hydrogen-bond donors (Lipinski definition) is 0. The Morgan fingerprint density at radius 1 is 0.842 bits per heavy atom. The molecule has 0 bridgehead atoms. The Labute approximate surface area is 113 Å². The van der Waals surface area contributed by atoms with Crippen LogP contribution in [-0.2, 0) is 9.59 Å². The molecule has 2 rings (SSSR count). The van der Waals surface area contributed by atoms with Crippen molar-refractivity contribution in [3.05, 3.63) is 33.6 Å². The molecule has 1 aromatic rings. The van der Waals surface area contributed by atoms with E-state index in [1.165, 1.54) is 0 Å². The topological polar surface area (TPSA) is 34.1 Å². The lowest BCUT2D eigenvalue weighted by Crippen LogP contribution is -2.23. The molecule has 0 heterocycles. The fraction of sp³-hybridized carbons (Fsp3) is 0.500. The van der Waals surface area contributed by atoms with Gasteiger partial charge < -0.3 is 0 Å². The van der Waals surface area contributed by atoms with Crippen LogP contribution in [0.5, 0.6) is 0 Å².